The van der Waals surface area contributed by atoms with Gasteiger partial charge < -0.3 is 15.5 Å². The molecule has 0 bridgehead atoms. The van der Waals surface area contributed by atoms with E-state index < -0.39 is 0 Å². The standard InChI is InChI=1S/C23H25N5O2S/c1-15-9-11-16(12-10-15)19-20(22(29)24-14-18-8-5-13-30-18)31-23-26-25-21(28(23)27-19)17-6-3-2-4-7-17/h2-4,6-7,9-12,18-20,27H,5,8,13-14H2,1H3,(H,24,29)/t18-,19+,20-/m1/s1. The summed E-state index contributed by atoms with van der Waals surface area (Å²) >= 11 is 1.44. The number of ether oxygens (including phenoxy) is 1. The summed E-state index contributed by atoms with van der Waals surface area (Å²) < 4.78 is 7.56. The van der Waals surface area contributed by atoms with E-state index in [1.165, 1.54) is 17.3 Å². The molecule has 0 radical (unpaired) electrons. The predicted molar refractivity (Wildman–Crippen MR) is 120 cm³/mol. The van der Waals surface area contributed by atoms with E-state index in [-0.39, 0.29) is 23.3 Å². The molecule has 5 rings (SSSR count). The van der Waals surface area contributed by atoms with Gasteiger partial charge in [-0.1, -0.05) is 71.9 Å². The van der Waals surface area contributed by atoms with Crippen molar-refractivity contribution in [3.05, 3.63) is 65.7 Å². The minimum Gasteiger partial charge on any atom is -0.376 e. The van der Waals surface area contributed by atoms with Gasteiger partial charge in [0.15, 0.2) is 5.82 Å². The first-order chi connectivity index (χ1) is 15.2. The van der Waals surface area contributed by atoms with Gasteiger partial charge in [-0.25, -0.2) is 4.68 Å². The van der Waals surface area contributed by atoms with Gasteiger partial charge in [0.05, 0.1) is 12.1 Å². The maximum atomic E-state index is 13.2. The first-order valence-electron chi connectivity index (χ1n) is 10.6. The highest BCUT2D eigenvalue weighted by atomic mass is 32.2. The van der Waals surface area contributed by atoms with Gasteiger partial charge in [0, 0.05) is 18.7 Å². The van der Waals surface area contributed by atoms with Crippen LogP contribution in [0.1, 0.15) is 30.0 Å². The molecule has 0 spiro atoms. The van der Waals surface area contributed by atoms with E-state index >= 15 is 0 Å². The molecule has 3 atom stereocenters. The molecule has 7 nitrogen and oxygen atoms in total. The molecular weight excluding hydrogens is 410 g/mol. The number of aromatic nitrogens is 3. The fourth-order valence-electron chi connectivity index (χ4n) is 3.97. The number of benzene rings is 2. The first kappa shape index (κ1) is 20.1. The SMILES string of the molecule is Cc1ccc([C@@H]2Nn3c(nnc3-c3ccccc3)S[C@H]2C(=O)NC[C@H]2CCCO2)cc1. The van der Waals surface area contributed by atoms with Crippen LogP contribution in [0.4, 0.5) is 0 Å². The van der Waals surface area contributed by atoms with Crippen LogP contribution in [0.2, 0.25) is 0 Å². The molecule has 0 saturated carbocycles. The average molecular weight is 436 g/mol. The molecule has 160 valence electrons. The molecule has 2 aromatic carbocycles. The Morgan fingerprint density at radius 2 is 2.00 bits per heavy atom. The second kappa shape index (κ2) is 8.72. The Bertz CT molecular complexity index is 1050. The molecular formula is C23H25N5O2S. The maximum Gasteiger partial charge on any atom is 0.236 e. The highest BCUT2D eigenvalue weighted by molar-refractivity contribution is 8.00. The highest BCUT2D eigenvalue weighted by Gasteiger charge is 2.38. The van der Waals surface area contributed by atoms with E-state index in [0.29, 0.717) is 11.7 Å². The van der Waals surface area contributed by atoms with Gasteiger partial charge in [0.25, 0.3) is 0 Å². The normalized spacial score (nSPS) is 22.5. The fraction of sp³-hybridized carbons (Fsp3) is 0.348. The second-order valence-corrected chi connectivity index (χ2v) is 9.05. The lowest BCUT2D eigenvalue weighted by molar-refractivity contribution is -0.121. The Hall–Kier alpha value is -2.84. The van der Waals surface area contributed by atoms with Gasteiger partial charge >= 0.3 is 0 Å². The Kier molecular flexibility index (Phi) is 5.65. The summed E-state index contributed by atoms with van der Waals surface area (Å²) in [5.41, 5.74) is 6.72. The van der Waals surface area contributed by atoms with Crippen molar-refractivity contribution < 1.29 is 9.53 Å². The van der Waals surface area contributed by atoms with Crippen molar-refractivity contribution in [1.29, 1.82) is 0 Å². The van der Waals surface area contributed by atoms with Gasteiger partial charge in [0.2, 0.25) is 11.1 Å². The van der Waals surface area contributed by atoms with Crippen LogP contribution in [0.5, 0.6) is 0 Å². The molecule has 8 heteroatoms. The average Bonchev–Trinajstić information content (AvgIpc) is 3.47. The molecule has 0 aliphatic carbocycles. The van der Waals surface area contributed by atoms with Crippen LogP contribution >= 0.6 is 11.8 Å². The summed E-state index contributed by atoms with van der Waals surface area (Å²) in [6.07, 6.45) is 2.15. The van der Waals surface area contributed by atoms with E-state index in [9.17, 15) is 4.79 Å². The third-order valence-electron chi connectivity index (χ3n) is 5.69. The van der Waals surface area contributed by atoms with Crippen molar-refractivity contribution in [2.24, 2.45) is 0 Å². The van der Waals surface area contributed by atoms with Crippen molar-refractivity contribution in [2.75, 3.05) is 18.6 Å². The van der Waals surface area contributed by atoms with Gasteiger partial charge in [0.1, 0.15) is 5.25 Å². The monoisotopic (exact) mass is 435 g/mol. The summed E-state index contributed by atoms with van der Waals surface area (Å²) in [7, 11) is 0. The van der Waals surface area contributed by atoms with E-state index in [1.54, 1.807) is 0 Å². The van der Waals surface area contributed by atoms with Gasteiger partial charge in [-0.05, 0) is 25.3 Å². The Morgan fingerprint density at radius 1 is 1.19 bits per heavy atom. The van der Waals surface area contributed by atoms with Gasteiger partial charge in [-0.3, -0.25) is 4.79 Å². The number of carbonyl (C=O) groups excluding carboxylic acids is 1. The number of nitrogens with one attached hydrogen (secondary N) is 2. The van der Waals surface area contributed by atoms with E-state index in [0.717, 1.165) is 36.4 Å². The minimum absolute atomic E-state index is 0.0194. The first-order valence-corrected chi connectivity index (χ1v) is 11.5. The zero-order valence-corrected chi connectivity index (χ0v) is 18.1. The van der Waals surface area contributed by atoms with Crippen molar-refractivity contribution in [3.8, 4) is 11.4 Å². The third-order valence-corrected chi connectivity index (χ3v) is 6.91. The van der Waals surface area contributed by atoms with Crippen molar-refractivity contribution >= 4 is 17.7 Å². The van der Waals surface area contributed by atoms with Crippen LogP contribution in [0, 0.1) is 6.92 Å². The van der Waals surface area contributed by atoms with E-state index in [2.05, 4.69) is 52.1 Å². The van der Waals surface area contributed by atoms with Crippen LogP contribution in [-0.4, -0.2) is 45.3 Å². The number of thioether (sulfide) groups is 1. The lowest BCUT2D eigenvalue weighted by Gasteiger charge is -2.33. The molecule has 1 fully saturated rings. The number of rotatable bonds is 5. The molecule has 1 aromatic heterocycles. The number of carbonyl (C=O) groups is 1. The second-order valence-electron chi connectivity index (χ2n) is 7.94. The molecule has 0 unspecified atom stereocenters. The molecule has 2 N–H and O–H groups in total. The molecule has 3 heterocycles. The molecule has 1 saturated heterocycles. The van der Waals surface area contributed by atoms with Crippen LogP contribution in [-0.2, 0) is 9.53 Å². The van der Waals surface area contributed by atoms with Crippen LogP contribution < -0.4 is 10.7 Å². The zero-order chi connectivity index (χ0) is 21.2. The number of fused-ring (bicyclic) bond motifs is 1. The number of nitrogens with zero attached hydrogens (tertiary/aromatic N) is 3. The van der Waals surface area contributed by atoms with Gasteiger partial charge in [-0.2, -0.15) is 0 Å². The quantitative estimate of drug-likeness (QED) is 0.640. The number of hydrogen-bond acceptors (Lipinski definition) is 6. The Balaban J connectivity index is 1.44. The summed E-state index contributed by atoms with van der Waals surface area (Å²) in [5.74, 6) is 0.715. The number of amides is 1. The smallest absolute Gasteiger partial charge is 0.236 e. The third kappa shape index (κ3) is 4.18. The van der Waals surface area contributed by atoms with Crippen molar-refractivity contribution in [2.45, 2.75) is 42.3 Å². The van der Waals surface area contributed by atoms with Gasteiger partial charge in [-0.15, -0.1) is 10.2 Å². The Labute approximate surface area is 185 Å². The van der Waals surface area contributed by atoms with Crippen LogP contribution in [0.25, 0.3) is 11.4 Å². The van der Waals surface area contributed by atoms with E-state index in [1.807, 2.05) is 35.0 Å². The summed E-state index contributed by atoms with van der Waals surface area (Å²) in [6.45, 7) is 3.38. The molecule has 3 aromatic rings. The lowest BCUT2D eigenvalue weighted by atomic mass is 10.0. The zero-order valence-electron chi connectivity index (χ0n) is 17.3. The van der Waals surface area contributed by atoms with Crippen LogP contribution in [0.3, 0.4) is 0 Å². The number of aryl methyl sites for hydroxylation is 1. The number of hydrogen-bond donors (Lipinski definition) is 2. The summed E-state index contributed by atoms with van der Waals surface area (Å²) in [5, 5.41) is 12.1. The molecule has 1 amide bonds. The molecule has 2 aliphatic heterocycles. The fourth-order valence-corrected chi connectivity index (χ4v) is 5.08. The molecule has 2 aliphatic rings. The predicted octanol–water partition coefficient (Wildman–Crippen LogP) is 3.31. The highest BCUT2D eigenvalue weighted by Crippen LogP contribution is 2.38. The summed E-state index contributed by atoms with van der Waals surface area (Å²) in [4.78, 5) is 13.2. The maximum absolute atomic E-state index is 13.2. The minimum atomic E-state index is -0.371. The lowest BCUT2D eigenvalue weighted by Crippen LogP contribution is -2.45. The topological polar surface area (TPSA) is 81.1 Å². The summed E-state index contributed by atoms with van der Waals surface area (Å²) in [6, 6.07) is 18.0. The van der Waals surface area contributed by atoms with Crippen molar-refractivity contribution in [1.82, 2.24) is 20.2 Å². The van der Waals surface area contributed by atoms with Crippen LogP contribution in [0.15, 0.2) is 59.8 Å². The van der Waals surface area contributed by atoms with Crippen molar-refractivity contribution in [3.63, 3.8) is 0 Å². The van der Waals surface area contributed by atoms with E-state index in [4.69, 9.17) is 4.74 Å². The largest absolute Gasteiger partial charge is 0.376 e. The Morgan fingerprint density at radius 3 is 2.74 bits per heavy atom. The molecule has 31 heavy (non-hydrogen) atoms.